The number of nitrogens with one attached hydrogen (secondary N) is 1. The zero-order valence-electron chi connectivity index (χ0n) is 30.5. The van der Waals surface area contributed by atoms with Crippen LogP contribution >= 0.6 is 0 Å². The summed E-state index contributed by atoms with van der Waals surface area (Å²) in [5.74, 6) is -1.10. The quantitative estimate of drug-likeness (QED) is 0.0380. The predicted molar refractivity (Wildman–Crippen MR) is 211 cm³/mol. The molecule has 0 aliphatic carbocycles. The predicted octanol–water partition coefficient (Wildman–Crippen LogP) is 10.8. The Morgan fingerprint density at radius 3 is 1.51 bits per heavy atom. The molecule has 7 heteroatoms. The Morgan fingerprint density at radius 2 is 1.00 bits per heavy atom. The number of aliphatic hydroxyl groups excluding tert-OH is 1. The van der Waals surface area contributed by atoms with E-state index in [1.54, 1.807) is 6.08 Å². The third-order valence-electron chi connectivity index (χ3n) is 7.43. The number of carbonyl (C=O) groups excluding carboxylic acids is 1. The fraction of sp³-hybridized carbons (Fsp3) is 0.548. The molecule has 2 atom stereocenters. The van der Waals surface area contributed by atoms with Crippen molar-refractivity contribution in [1.82, 2.24) is 5.32 Å². The molecule has 0 heterocycles. The summed E-state index contributed by atoms with van der Waals surface area (Å²) in [4.78, 5) is 12.4. The van der Waals surface area contributed by atoms with Crippen molar-refractivity contribution in [3.63, 3.8) is 0 Å². The van der Waals surface area contributed by atoms with Crippen molar-refractivity contribution in [1.29, 1.82) is 0 Å². The first kappa shape index (κ1) is 46.0. The van der Waals surface area contributed by atoms with E-state index in [-0.39, 0.29) is 12.3 Å². The highest BCUT2D eigenvalue weighted by atomic mass is 32.2. The van der Waals surface area contributed by atoms with Crippen LogP contribution in [0.3, 0.4) is 0 Å². The van der Waals surface area contributed by atoms with Crippen molar-refractivity contribution in [3.8, 4) is 0 Å². The Bertz CT molecular complexity index is 1170. The molecular formula is C42H67NO5S. The van der Waals surface area contributed by atoms with Gasteiger partial charge in [-0.05, 0) is 83.5 Å². The monoisotopic (exact) mass is 697 g/mol. The molecule has 0 saturated heterocycles. The normalized spacial score (nSPS) is 14.6. The molecule has 0 saturated carbocycles. The Morgan fingerprint density at radius 1 is 0.571 bits per heavy atom. The maximum Gasteiger partial charge on any atom is 0.267 e. The fourth-order valence-corrected chi connectivity index (χ4v) is 5.42. The summed E-state index contributed by atoms with van der Waals surface area (Å²) in [7, 11) is -4.37. The maximum atomic E-state index is 12.4. The molecule has 0 spiro atoms. The minimum absolute atomic E-state index is 0.200. The molecule has 0 aliphatic heterocycles. The van der Waals surface area contributed by atoms with E-state index in [0.717, 1.165) is 57.8 Å². The Kier molecular flexibility index (Phi) is 32.7. The van der Waals surface area contributed by atoms with Crippen molar-refractivity contribution in [2.75, 3.05) is 5.75 Å². The number of carbonyl (C=O) groups is 1. The van der Waals surface area contributed by atoms with Crippen LogP contribution in [0.15, 0.2) is 109 Å². The molecule has 0 bridgehead atoms. The second-order valence-electron chi connectivity index (χ2n) is 12.1. The van der Waals surface area contributed by atoms with Gasteiger partial charge < -0.3 is 10.4 Å². The van der Waals surface area contributed by atoms with Gasteiger partial charge >= 0.3 is 0 Å². The highest BCUT2D eigenvalue weighted by molar-refractivity contribution is 7.85. The summed E-state index contributed by atoms with van der Waals surface area (Å²) < 4.78 is 32.3. The molecule has 0 aliphatic rings. The first-order chi connectivity index (χ1) is 23.8. The average molecular weight is 698 g/mol. The van der Waals surface area contributed by atoms with Crippen molar-refractivity contribution in [2.45, 2.75) is 142 Å². The van der Waals surface area contributed by atoms with Crippen LogP contribution in [-0.2, 0) is 14.9 Å². The van der Waals surface area contributed by atoms with Crippen LogP contribution in [0.25, 0.3) is 0 Å². The van der Waals surface area contributed by atoms with Crippen LogP contribution in [0.4, 0.5) is 0 Å². The van der Waals surface area contributed by atoms with E-state index in [2.05, 4.69) is 110 Å². The maximum absolute atomic E-state index is 12.4. The number of allylic oxidation sites excluding steroid dienone is 17. The lowest BCUT2D eigenvalue weighted by molar-refractivity contribution is -0.122. The van der Waals surface area contributed by atoms with Crippen molar-refractivity contribution < 1.29 is 22.9 Å². The highest BCUT2D eigenvalue weighted by Gasteiger charge is 2.24. The van der Waals surface area contributed by atoms with E-state index in [9.17, 15) is 22.9 Å². The van der Waals surface area contributed by atoms with Gasteiger partial charge in [0.2, 0.25) is 5.91 Å². The van der Waals surface area contributed by atoms with E-state index >= 15 is 0 Å². The van der Waals surface area contributed by atoms with E-state index in [4.69, 9.17) is 0 Å². The molecule has 0 rings (SSSR count). The topological polar surface area (TPSA) is 104 Å². The summed E-state index contributed by atoms with van der Waals surface area (Å²) in [6.45, 7) is 4.35. The number of aliphatic hydroxyl groups is 1. The fourth-order valence-electron chi connectivity index (χ4n) is 4.69. The molecule has 0 radical (unpaired) electrons. The number of amides is 1. The van der Waals surface area contributed by atoms with Crippen LogP contribution in [-0.4, -0.2) is 41.9 Å². The Labute approximate surface area is 300 Å². The number of unbranched alkanes of at least 4 members (excludes halogenated alkanes) is 7. The molecule has 0 fully saturated rings. The third kappa shape index (κ3) is 36.1. The zero-order valence-corrected chi connectivity index (χ0v) is 31.3. The molecule has 0 aromatic rings. The highest BCUT2D eigenvalue weighted by Crippen LogP contribution is 2.08. The summed E-state index contributed by atoms with van der Waals surface area (Å²) >= 11 is 0. The second-order valence-corrected chi connectivity index (χ2v) is 13.6. The first-order valence-electron chi connectivity index (χ1n) is 18.6. The van der Waals surface area contributed by atoms with E-state index in [0.29, 0.717) is 19.3 Å². The smallest absolute Gasteiger partial charge is 0.267 e. The zero-order chi connectivity index (χ0) is 36.1. The summed E-state index contributed by atoms with van der Waals surface area (Å²) in [6.07, 6.45) is 53.7. The van der Waals surface area contributed by atoms with Gasteiger partial charge in [0.25, 0.3) is 10.1 Å². The number of rotatable bonds is 31. The van der Waals surface area contributed by atoms with Gasteiger partial charge in [-0.25, -0.2) is 0 Å². The van der Waals surface area contributed by atoms with Gasteiger partial charge in [0.1, 0.15) is 0 Å². The standard InChI is InChI=1S/C42H67NO5S/c1-3-5-7-9-11-13-15-16-17-18-19-20-21-22-23-24-25-26-28-30-32-34-36-38-42(45)43-40(39-49(46,47)48)41(44)37-35-33-31-29-27-14-12-10-8-6-4-2/h5,7,11,13,16-17,19-20,22-23,25-27,29-30,32,35,37,40-41,44H,3-4,6,8-10,12,14-15,18,21,24,28,31,33-34,36,38-39H2,1-2H3,(H,43,45)(H,46,47,48)/b7-5-,13-11-,17-16-,20-19-,23-22-,26-25-,29-27+,32-30-,37-35+. The molecule has 0 aromatic carbocycles. The van der Waals surface area contributed by atoms with Gasteiger partial charge in [0.15, 0.2) is 0 Å². The Hall–Kier alpha value is -3.00. The molecule has 276 valence electrons. The lowest BCUT2D eigenvalue weighted by Crippen LogP contribution is -2.46. The molecular weight excluding hydrogens is 631 g/mol. The SMILES string of the molecule is CC/C=C\C/C=C\C/C=C\C/C=C\C/C=C\C/C=C\C/C=C\CCCC(=O)NC(CS(=O)(=O)O)C(O)/C=C/CC/C=C/CCCCCCC. The minimum Gasteiger partial charge on any atom is -0.387 e. The third-order valence-corrected chi connectivity index (χ3v) is 8.21. The second kappa shape index (κ2) is 34.8. The average Bonchev–Trinajstić information content (AvgIpc) is 3.06. The van der Waals surface area contributed by atoms with Gasteiger partial charge in [-0.2, -0.15) is 8.42 Å². The molecule has 49 heavy (non-hydrogen) atoms. The van der Waals surface area contributed by atoms with Crippen LogP contribution in [0.1, 0.15) is 129 Å². The molecule has 6 nitrogen and oxygen atoms in total. The van der Waals surface area contributed by atoms with Gasteiger partial charge in [0.05, 0.1) is 17.9 Å². The van der Waals surface area contributed by atoms with Gasteiger partial charge in [0, 0.05) is 6.42 Å². The summed E-state index contributed by atoms with van der Waals surface area (Å²) in [6, 6.07) is -1.11. The van der Waals surface area contributed by atoms with Gasteiger partial charge in [-0.15, -0.1) is 0 Å². The lowest BCUT2D eigenvalue weighted by atomic mass is 10.1. The van der Waals surface area contributed by atoms with Gasteiger partial charge in [-0.3, -0.25) is 9.35 Å². The molecule has 0 aromatic heterocycles. The first-order valence-corrected chi connectivity index (χ1v) is 20.2. The summed E-state index contributed by atoms with van der Waals surface area (Å²) in [5.41, 5.74) is 0. The minimum atomic E-state index is -4.37. The van der Waals surface area contributed by atoms with Crippen molar-refractivity contribution >= 4 is 16.0 Å². The molecule has 3 N–H and O–H groups in total. The number of hydrogen-bond acceptors (Lipinski definition) is 4. The van der Waals surface area contributed by atoms with E-state index in [1.165, 1.54) is 38.2 Å². The summed E-state index contributed by atoms with van der Waals surface area (Å²) in [5, 5.41) is 13.1. The van der Waals surface area contributed by atoms with E-state index < -0.39 is 28.0 Å². The van der Waals surface area contributed by atoms with Crippen LogP contribution in [0.2, 0.25) is 0 Å². The van der Waals surface area contributed by atoms with Crippen LogP contribution in [0.5, 0.6) is 0 Å². The van der Waals surface area contributed by atoms with Crippen LogP contribution in [0, 0.1) is 0 Å². The van der Waals surface area contributed by atoms with Crippen LogP contribution < -0.4 is 5.32 Å². The van der Waals surface area contributed by atoms with Crippen molar-refractivity contribution in [2.24, 2.45) is 0 Å². The van der Waals surface area contributed by atoms with Crippen molar-refractivity contribution in [3.05, 3.63) is 109 Å². The number of hydrogen-bond donors (Lipinski definition) is 3. The van der Waals surface area contributed by atoms with E-state index in [1.807, 2.05) is 6.08 Å². The largest absolute Gasteiger partial charge is 0.387 e. The molecule has 1 amide bonds. The van der Waals surface area contributed by atoms with Gasteiger partial charge in [-0.1, -0.05) is 149 Å². The Balaban J connectivity index is 4.15. The molecule has 2 unspecified atom stereocenters. The lowest BCUT2D eigenvalue weighted by Gasteiger charge is -2.21.